The van der Waals surface area contributed by atoms with Crippen molar-refractivity contribution in [3.05, 3.63) is 0 Å². The number of methoxy groups -OCH3 is 1. The molecule has 1 aliphatic carbocycles. The molecule has 1 aliphatic heterocycles. The maximum absolute atomic E-state index is 5.17. The van der Waals surface area contributed by atoms with Crippen molar-refractivity contribution in [2.45, 2.75) is 64.0 Å². The maximum Gasteiger partial charge on any atom is 0.0462 e. The van der Waals surface area contributed by atoms with Crippen molar-refractivity contribution < 1.29 is 4.74 Å². The molecule has 0 amide bonds. The summed E-state index contributed by atoms with van der Waals surface area (Å²) in [5.74, 6) is 0.744. The second kappa shape index (κ2) is 7.05. The van der Waals surface area contributed by atoms with Gasteiger partial charge in [-0.1, -0.05) is 26.7 Å². The Hall–Kier alpha value is -0.120. The van der Waals surface area contributed by atoms with Gasteiger partial charge in [-0.3, -0.25) is 4.90 Å². The molecule has 2 aliphatic rings. The van der Waals surface area contributed by atoms with Crippen molar-refractivity contribution in [1.82, 2.24) is 10.2 Å². The summed E-state index contributed by atoms with van der Waals surface area (Å²) in [4.78, 5) is 2.77. The predicted octanol–water partition coefficient (Wildman–Crippen LogP) is 2.66. The lowest BCUT2D eigenvalue weighted by Gasteiger charge is -2.48. The summed E-state index contributed by atoms with van der Waals surface area (Å²) in [6, 6.07) is 0.716. The first-order valence-electron chi connectivity index (χ1n) is 8.15. The number of nitrogens with zero attached hydrogens (tertiary/aromatic N) is 1. The Morgan fingerprint density at radius 3 is 2.63 bits per heavy atom. The fraction of sp³-hybridized carbons (Fsp3) is 1.00. The molecule has 19 heavy (non-hydrogen) atoms. The van der Waals surface area contributed by atoms with Gasteiger partial charge in [-0.2, -0.15) is 0 Å². The Bertz CT molecular complexity index is 261. The van der Waals surface area contributed by atoms with E-state index in [2.05, 4.69) is 24.1 Å². The van der Waals surface area contributed by atoms with Crippen LogP contribution in [-0.2, 0) is 4.74 Å². The zero-order valence-corrected chi connectivity index (χ0v) is 13.1. The van der Waals surface area contributed by atoms with Gasteiger partial charge in [0.25, 0.3) is 0 Å². The van der Waals surface area contributed by atoms with Crippen LogP contribution < -0.4 is 5.32 Å². The minimum absolute atomic E-state index is 0.451. The highest BCUT2D eigenvalue weighted by Gasteiger charge is 2.41. The Balaban J connectivity index is 1.88. The topological polar surface area (TPSA) is 24.5 Å². The molecule has 1 spiro atoms. The number of hydrogen-bond donors (Lipinski definition) is 1. The van der Waals surface area contributed by atoms with Gasteiger partial charge in [-0.15, -0.1) is 0 Å². The fourth-order valence-corrected chi connectivity index (χ4v) is 3.86. The van der Waals surface area contributed by atoms with Gasteiger partial charge in [0.1, 0.15) is 0 Å². The Morgan fingerprint density at radius 1 is 1.26 bits per heavy atom. The molecule has 1 saturated carbocycles. The lowest BCUT2D eigenvalue weighted by atomic mass is 9.89. The normalized spacial score (nSPS) is 27.5. The van der Waals surface area contributed by atoms with E-state index in [9.17, 15) is 0 Å². The summed E-state index contributed by atoms with van der Waals surface area (Å²) >= 11 is 0. The second-order valence-electron chi connectivity index (χ2n) is 6.85. The molecule has 1 N–H and O–H groups in total. The van der Waals surface area contributed by atoms with E-state index in [0.29, 0.717) is 11.6 Å². The second-order valence-corrected chi connectivity index (χ2v) is 6.85. The molecule has 2 fully saturated rings. The molecule has 0 aromatic heterocycles. The molecular formula is C16H32N2O. The van der Waals surface area contributed by atoms with Crippen LogP contribution in [0.2, 0.25) is 0 Å². The van der Waals surface area contributed by atoms with Crippen molar-refractivity contribution in [2.24, 2.45) is 5.92 Å². The SMILES string of the molecule is COCCCCN1CC2(CCCC2)NCC1C(C)C. The van der Waals surface area contributed by atoms with Crippen molar-refractivity contribution in [1.29, 1.82) is 0 Å². The molecule has 0 radical (unpaired) electrons. The Kier molecular flexibility index (Phi) is 5.67. The van der Waals surface area contributed by atoms with Gasteiger partial charge in [0.2, 0.25) is 0 Å². The Morgan fingerprint density at radius 2 is 2.00 bits per heavy atom. The third-order valence-corrected chi connectivity index (χ3v) is 5.03. The van der Waals surface area contributed by atoms with Crippen molar-refractivity contribution in [2.75, 3.05) is 33.4 Å². The van der Waals surface area contributed by atoms with Gasteiger partial charge >= 0.3 is 0 Å². The summed E-state index contributed by atoms with van der Waals surface area (Å²) in [5.41, 5.74) is 0.451. The molecule has 1 atom stereocenters. The van der Waals surface area contributed by atoms with E-state index >= 15 is 0 Å². The van der Waals surface area contributed by atoms with Gasteiger partial charge in [0.05, 0.1) is 0 Å². The highest BCUT2D eigenvalue weighted by atomic mass is 16.5. The van der Waals surface area contributed by atoms with Crippen LogP contribution in [-0.4, -0.2) is 49.8 Å². The smallest absolute Gasteiger partial charge is 0.0462 e. The molecule has 112 valence electrons. The molecule has 3 heteroatoms. The van der Waals surface area contributed by atoms with E-state index in [0.717, 1.165) is 12.5 Å². The summed E-state index contributed by atoms with van der Waals surface area (Å²) in [6.45, 7) is 9.33. The van der Waals surface area contributed by atoms with E-state index in [1.165, 1.54) is 58.2 Å². The minimum Gasteiger partial charge on any atom is -0.385 e. The first-order valence-corrected chi connectivity index (χ1v) is 8.15. The largest absolute Gasteiger partial charge is 0.385 e. The first kappa shape index (κ1) is 15.3. The highest BCUT2D eigenvalue weighted by Crippen LogP contribution is 2.34. The van der Waals surface area contributed by atoms with Crippen molar-refractivity contribution >= 4 is 0 Å². The van der Waals surface area contributed by atoms with E-state index in [4.69, 9.17) is 4.74 Å². The van der Waals surface area contributed by atoms with Crippen LogP contribution in [0.1, 0.15) is 52.4 Å². The van der Waals surface area contributed by atoms with E-state index in [1.54, 1.807) is 7.11 Å². The zero-order valence-electron chi connectivity index (χ0n) is 13.1. The average molecular weight is 268 g/mol. The molecular weight excluding hydrogens is 236 g/mol. The molecule has 1 saturated heterocycles. The standard InChI is InChI=1S/C16H32N2O/c1-14(2)15-12-17-16(8-4-5-9-16)13-18(15)10-6-7-11-19-3/h14-15,17H,4-13H2,1-3H3. The number of nitrogens with one attached hydrogen (secondary N) is 1. The fourth-order valence-electron chi connectivity index (χ4n) is 3.86. The van der Waals surface area contributed by atoms with E-state index in [1.807, 2.05) is 0 Å². The first-order chi connectivity index (χ1) is 9.17. The van der Waals surface area contributed by atoms with Crippen LogP contribution >= 0.6 is 0 Å². The molecule has 0 aromatic carbocycles. The van der Waals surface area contributed by atoms with Crippen LogP contribution in [0.5, 0.6) is 0 Å². The van der Waals surface area contributed by atoms with Crippen molar-refractivity contribution in [3.8, 4) is 0 Å². The van der Waals surface area contributed by atoms with Crippen molar-refractivity contribution in [3.63, 3.8) is 0 Å². The van der Waals surface area contributed by atoms with Crippen LogP contribution in [0.4, 0.5) is 0 Å². The van der Waals surface area contributed by atoms with Gasteiger partial charge < -0.3 is 10.1 Å². The number of hydrogen-bond acceptors (Lipinski definition) is 3. The average Bonchev–Trinajstić information content (AvgIpc) is 2.83. The van der Waals surface area contributed by atoms with Crippen LogP contribution in [0.15, 0.2) is 0 Å². The molecule has 1 heterocycles. The summed E-state index contributed by atoms with van der Waals surface area (Å²) in [6.07, 6.45) is 8.05. The number of rotatable bonds is 6. The van der Waals surface area contributed by atoms with Gasteiger partial charge in [-0.25, -0.2) is 0 Å². The van der Waals surface area contributed by atoms with Gasteiger partial charge in [0, 0.05) is 38.4 Å². The van der Waals surface area contributed by atoms with E-state index in [-0.39, 0.29) is 0 Å². The highest BCUT2D eigenvalue weighted by molar-refractivity contribution is 5.01. The number of piperazine rings is 1. The van der Waals surface area contributed by atoms with Crippen LogP contribution in [0, 0.1) is 5.92 Å². The molecule has 0 aromatic rings. The van der Waals surface area contributed by atoms with Crippen LogP contribution in [0.3, 0.4) is 0 Å². The number of ether oxygens (including phenoxy) is 1. The third kappa shape index (κ3) is 3.93. The van der Waals surface area contributed by atoms with Crippen LogP contribution in [0.25, 0.3) is 0 Å². The lowest BCUT2D eigenvalue weighted by Crippen LogP contribution is -2.64. The molecule has 2 rings (SSSR count). The quantitative estimate of drug-likeness (QED) is 0.750. The summed E-state index contributed by atoms with van der Waals surface area (Å²) in [5, 5.41) is 3.89. The minimum atomic E-state index is 0.451. The summed E-state index contributed by atoms with van der Waals surface area (Å²) < 4.78 is 5.17. The molecule has 1 unspecified atom stereocenters. The summed E-state index contributed by atoms with van der Waals surface area (Å²) in [7, 11) is 1.80. The molecule has 0 bridgehead atoms. The number of unbranched alkanes of at least 4 members (excludes halogenated alkanes) is 1. The van der Waals surface area contributed by atoms with E-state index < -0.39 is 0 Å². The van der Waals surface area contributed by atoms with Gasteiger partial charge in [0.15, 0.2) is 0 Å². The predicted molar refractivity (Wildman–Crippen MR) is 80.5 cm³/mol. The van der Waals surface area contributed by atoms with Gasteiger partial charge in [-0.05, 0) is 38.1 Å². The maximum atomic E-state index is 5.17. The monoisotopic (exact) mass is 268 g/mol. The zero-order chi connectivity index (χ0) is 13.7. The lowest BCUT2D eigenvalue weighted by molar-refractivity contribution is 0.0538. The third-order valence-electron chi connectivity index (χ3n) is 5.03. The molecule has 3 nitrogen and oxygen atoms in total. The Labute approximate surface area is 119 Å².